The molecule has 1 aromatic rings. The average molecular weight is 307 g/mol. The highest BCUT2D eigenvalue weighted by atomic mass is 28.4. The molecule has 0 fully saturated rings. The molecule has 2 nitrogen and oxygen atoms in total. The zero-order valence-electron chi connectivity index (χ0n) is 14.3. The number of hydrogen-bond acceptors (Lipinski definition) is 2. The second-order valence-corrected chi connectivity index (χ2v) is 12.2. The van der Waals surface area contributed by atoms with Gasteiger partial charge in [0.1, 0.15) is 6.29 Å². The van der Waals surface area contributed by atoms with Crippen molar-refractivity contribution in [2.45, 2.75) is 64.6 Å². The minimum Gasteiger partial charge on any atom is -0.416 e. The quantitative estimate of drug-likeness (QED) is 0.485. The summed E-state index contributed by atoms with van der Waals surface area (Å²) in [5.74, 6) is 0. The van der Waals surface area contributed by atoms with Crippen molar-refractivity contribution in [3.8, 4) is 0 Å². The van der Waals surface area contributed by atoms with Gasteiger partial charge in [-0.1, -0.05) is 65.8 Å². The van der Waals surface area contributed by atoms with Crippen molar-refractivity contribution in [3.05, 3.63) is 35.4 Å². The first-order valence-corrected chi connectivity index (χ1v) is 10.2. The van der Waals surface area contributed by atoms with Crippen LogP contribution in [0.1, 0.15) is 57.5 Å². The average Bonchev–Trinajstić information content (AvgIpc) is 2.43. The largest absolute Gasteiger partial charge is 0.416 e. The summed E-state index contributed by atoms with van der Waals surface area (Å²) in [5, 5.41) is 0. The van der Waals surface area contributed by atoms with E-state index in [1.165, 1.54) is 5.56 Å². The van der Waals surface area contributed by atoms with E-state index in [2.05, 4.69) is 41.5 Å². The zero-order valence-corrected chi connectivity index (χ0v) is 15.3. The number of carbonyl (C=O) groups excluding carboxylic acids is 1. The molecule has 0 spiro atoms. The van der Waals surface area contributed by atoms with Crippen molar-refractivity contribution in [1.29, 1.82) is 0 Å². The van der Waals surface area contributed by atoms with Gasteiger partial charge < -0.3 is 4.43 Å². The molecule has 0 bridgehead atoms. The van der Waals surface area contributed by atoms with Gasteiger partial charge in [0.25, 0.3) is 0 Å². The molecule has 1 rings (SSSR count). The number of benzene rings is 1. The van der Waals surface area contributed by atoms with Gasteiger partial charge in [0.05, 0.1) is 0 Å². The Labute approximate surface area is 131 Å². The van der Waals surface area contributed by atoms with E-state index in [4.69, 9.17) is 4.43 Å². The minimum absolute atomic E-state index is 0.620. The molecule has 3 heteroatoms. The van der Waals surface area contributed by atoms with Crippen molar-refractivity contribution >= 4 is 14.6 Å². The first kappa shape index (κ1) is 18.1. The maximum absolute atomic E-state index is 10.7. The molecule has 0 saturated heterocycles. The first-order chi connectivity index (χ1) is 9.84. The Balaban J connectivity index is 2.71. The molecule has 21 heavy (non-hydrogen) atoms. The molecule has 0 aliphatic heterocycles. The van der Waals surface area contributed by atoms with E-state index in [1.54, 1.807) is 0 Å². The van der Waals surface area contributed by atoms with E-state index in [9.17, 15) is 4.79 Å². The van der Waals surface area contributed by atoms with Crippen molar-refractivity contribution in [2.75, 3.05) is 6.61 Å². The van der Waals surface area contributed by atoms with Crippen molar-refractivity contribution in [1.82, 2.24) is 0 Å². The van der Waals surface area contributed by atoms with Gasteiger partial charge >= 0.3 is 0 Å². The highest BCUT2D eigenvalue weighted by Gasteiger charge is 2.44. The minimum atomic E-state index is -1.76. The molecular weight excluding hydrogens is 276 g/mol. The maximum atomic E-state index is 10.7. The molecule has 118 valence electrons. The smallest absolute Gasteiger partial charge is 0.200 e. The van der Waals surface area contributed by atoms with E-state index in [0.717, 1.165) is 24.9 Å². The van der Waals surface area contributed by atoms with Crippen molar-refractivity contribution < 1.29 is 9.22 Å². The van der Waals surface area contributed by atoms with Gasteiger partial charge in [0.15, 0.2) is 8.32 Å². The van der Waals surface area contributed by atoms with E-state index in [0.29, 0.717) is 16.6 Å². The SMILES string of the molecule is CC(C)[Si](OCCc1ccc(C=O)cc1)(C(C)C)C(C)C. The van der Waals surface area contributed by atoms with Crippen LogP contribution in [0.2, 0.25) is 16.6 Å². The number of carbonyl (C=O) groups is 1. The second kappa shape index (κ2) is 7.90. The summed E-state index contributed by atoms with van der Waals surface area (Å²) in [5.41, 5.74) is 3.83. The molecule has 0 aliphatic rings. The fraction of sp³-hybridized carbons (Fsp3) is 0.611. The lowest BCUT2D eigenvalue weighted by Gasteiger charge is -2.42. The molecule has 0 atom stereocenters. The van der Waals surface area contributed by atoms with Crippen LogP contribution in [-0.2, 0) is 10.8 Å². The third-order valence-electron chi connectivity index (χ3n) is 4.57. The molecule has 0 heterocycles. The highest BCUT2D eigenvalue weighted by molar-refractivity contribution is 6.77. The van der Waals surface area contributed by atoms with Crippen LogP contribution < -0.4 is 0 Å². The van der Waals surface area contributed by atoms with Crippen LogP contribution in [0.15, 0.2) is 24.3 Å². The molecule has 1 aromatic carbocycles. The first-order valence-electron chi connectivity index (χ1n) is 8.02. The summed E-state index contributed by atoms with van der Waals surface area (Å²) in [6.45, 7) is 14.6. The standard InChI is InChI=1S/C18H30O2Si/c1-14(2)21(15(3)4,16(5)6)20-12-11-17-7-9-18(13-19)10-8-17/h7-10,13-16H,11-12H2,1-6H3. The molecule has 0 amide bonds. The Morgan fingerprint density at radius 1 is 0.952 bits per heavy atom. The lowest BCUT2D eigenvalue weighted by Crippen LogP contribution is -2.48. The van der Waals surface area contributed by atoms with Crippen molar-refractivity contribution in [2.24, 2.45) is 0 Å². The van der Waals surface area contributed by atoms with Gasteiger partial charge in [-0.3, -0.25) is 4.79 Å². The van der Waals surface area contributed by atoms with E-state index >= 15 is 0 Å². The van der Waals surface area contributed by atoms with Crippen molar-refractivity contribution in [3.63, 3.8) is 0 Å². The van der Waals surface area contributed by atoms with E-state index < -0.39 is 8.32 Å². The molecule has 0 saturated carbocycles. The number of hydrogen-bond donors (Lipinski definition) is 0. The summed E-state index contributed by atoms with van der Waals surface area (Å²) in [4.78, 5) is 10.7. The molecular formula is C18H30O2Si. The summed E-state index contributed by atoms with van der Waals surface area (Å²) in [7, 11) is -1.76. The molecule has 0 unspecified atom stereocenters. The normalized spacial score (nSPS) is 12.4. The van der Waals surface area contributed by atoms with Crippen LogP contribution in [0.4, 0.5) is 0 Å². The molecule has 0 N–H and O–H groups in total. The highest BCUT2D eigenvalue weighted by Crippen LogP contribution is 2.42. The fourth-order valence-corrected chi connectivity index (χ4v) is 9.06. The monoisotopic (exact) mass is 306 g/mol. The van der Waals surface area contributed by atoms with Gasteiger partial charge in [0.2, 0.25) is 0 Å². The Hall–Kier alpha value is -0.933. The lowest BCUT2D eigenvalue weighted by atomic mass is 10.1. The Bertz CT molecular complexity index is 413. The van der Waals surface area contributed by atoms with Crippen LogP contribution in [-0.4, -0.2) is 21.2 Å². The van der Waals surface area contributed by atoms with Gasteiger partial charge in [-0.05, 0) is 28.6 Å². The number of aldehydes is 1. The second-order valence-electron chi connectivity index (χ2n) is 6.78. The van der Waals surface area contributed by atoms with Crippen LogP contribution in [0.25, 0.3) is 0 Å². The Morgan fingerprint density at radius 3 is 1.81 bits per heavy atom. The number of rotatable bonds is 8. The summed E-state index contributed by atoms with van der Waals surface area (Å²) < 4.78 is 6.54. The van der Waals surface area contributed by atoms with Gasteiger partial charge in [0, 0.05) is 12.2 Å². The Morgan fingerprint density at radius 2 is 1.43 bits per heavy atom. The molecule has 0 radical (unpaired) electrons. The van der Waals surface area contributed by atoms with Gasteiger partial charge in [-0.2, -0.15) is 0 Å². The Kier molecular flexibility index (Phi) is 6.82. The molecule has 0 aliphatic carbocycles. The third-order valence-corrected chi connectivity index (χ3v) is 10.7. The third kappa shape index (κ3) is 4.27. The summed E-state index contributed by atoms with van der Waals surface area (Å²) in [6.07, 6.45) is 1.80. The maximum Gasteiger partial charge on any atom is 0.200 e. The van der Waals surface area contributed by atoms with Crippen LogP contribution in [0, 0.1) is 0 Å². The fourth-order valence-electron chi connectivity index (χ4n) is 3.61. The van der Waals surface area contributed by atoms with Gasteiger partial charge in [-0.15, -0.1) is 0 Å². The van der Waals surface area contributed by atoms with Crippen LogP contribution in [0.5, 0.6) is 0 Å². The zero-order chi connectivity index (χ0) is 16.0. The lowest BCUT2D eigenvalue weighted by molar-refractivity contribution is 0.112. The molecule has 0 aromatic heterocycles. The topological polar surface area (TPSA) is 26.3 Å². The summed E-state index contributed by atoms with van der Waals surface area (Å²) >= 11 is 0. The summed E-state index contributed by atoms with van der Waals surface area (Å²) in [6, 6.07) is 7.80. The predicted molar refractivity (Wildman–Crippen MR) is 92.5 cm³/mol. The predicted octanol–water partition coefficient (Wildman–Crippen LogP) is 5.23. The van der Waals surface area contributed by atoms with Crippen LogP contribution in [0.3, 0.4) is 0 Å². The van der Waals surface area contributed by atoms with E-state index in [-0.39, 0.29) is 0 Å². The van der Waals surface area contributed by atoms with Crippen LogP contribution >= 0.6 is 0 Å². The van der Waals surface area contributed by atoms with E-state index in [1.807, 2.05) is 24.3 Å². The van der Waals surface area contributed by atoms with Gasteiger partial charge in [-0.25, -0.2) is 0 Å².